The van der Waals surface area contributed by atoms with Crippen molar-refractivity contribution in [3.8, 4) is 0 Å². The molecule has 0 amide bonds. The Morgan fingerprint density at radius 1 is 0.273 bits per heavy atom. The van der Waals surface area contributed by atoms with Crippen LogP contribution in [0, 0.1) is 11.8 Å². The molecule has 0 aliphatic rings. The lowest BCUT2D eigenvalue weighted by molar-refractivity contribution is -0.161. The quantitative estimate of drug-likeness (QED) is 0.0222. The lowest BCUT2D eigenvalue weighted by Gasteiger charge is -2.21. The summed E-state index contributed by atoms with van der Waals surface area (Å²) in [5.74, 6) is -0.505. The Bertz CT molecular complexity index is 1910. The molecular formula is C80H156O17P2. The van der Waals surface area contributed by atoms with Crippen LogP contribution in [0.25, 0.3) is 0 Å². The summed E-state index contributed by atoms with van der Waals surface area (Å²) in [6.07, 6.45) is 61.5. The molecule has 0 saturated carbocycles. The van der Waals surface area contributed by atoms with E-state index in [1.165, 1.54) is 231 Å². The van der Waals surface area contributed by atoms with Gasteiger partial charge in [0.15, 0.2) is 12.2 Å². The molecular weight excluding hydrogens is 1290 g/mol. The van der Waals surface area contributed by atoms with Crippen molar-refractivity contribution in [3.05, 3.63) is 0 Å². The van der Waals surface area contributed by atoms with E-state index in [0.29, 0.717) is 25.7 Å². The molecule has 0 bridgehead atoms. The molecule has 0 aromatic rings. The van der Waals surface area contributed by atoms with E-state index in [0.717, 1.165) is 108 Å². The average Bonchev–Trinajstić information content (AvgIpc) is 3.50. The summed E-state index contributed by atoms with van der Waals surface area (Å²) in [6.45, 7) is 9.60. The van der Waals surface area contributed by atoms with E-state index in [9.17, 15) is 43.2 Å². The maximum atomic E-state index is 13.1. The second kappa shape index (κ2) is 71.7. The van der Waals surface area contributed by atoms with Crippen molar-refractivity contribution in [1.29, 1.82) is 0 Å². The van der Waals surface area contributed by atoms with Crippen molar-refractivity contribution < 1.29 is 80.2 Å². The minimum atomic E-state index is -4.96. The van der Waals surface area contributed by atoms with Gasteiger partial charge in [-0.25, -0.2) is 9.13 Å². The average molecular weight is 1450 g/mol. The molecule has 0 saturated heterocycles. The molecule has 0 aliphatic heterocycles. The van der Waals surface area contributed by atoms with Crippen LogP contribution in [0.1, 0.15) is 420 Å². The number of ether oxygens (including phenoxy) is 4. The van der Waals surface area contributed by atoms with Crippen LogP contribution in [0.5, 0.6) is 0 Å². The van der Waals surface area contributed by atoms with Crippen molar-refractivity contribution in [2.45, 2.75) is 439 Å². The number of rotatable bonds is 79. The molecule has 0 fully saturated rings. The van der Waals surface area contributed by atoms with Gasteiger partial charge < -0.3 is 33.8 Å². The Morgan fingerprint density at radius 2 is 0.465 bits per heavy atom. The van der Waals surface area contributed by atoms with Crippen molar-refractivity contribution >= 4 is 39.5 Å². The molecule has 0 heterocycles. The SMILES string of the molecule is CCCCCCCCCCCCCCCCCCCC(=O)O[C@H](COC(=O)CCCCCCC)COP(=O)(O)OC[C@H](O)COP(=O)(O)OC[C@@H](COC(=O)CCCCCCCCCCCCCCCCCC(C)C)OC(=O)CCCCCCCCCCCCCCCCCCC(C)C. The number of aliphatic hydroxyl groups is 1. The van der Waals surface area contributed by atoms with Gasteiger partial charge in [0.1, 0.15) is 19.3 Å². The molecule has 5 atom stereocenters. The molecule has 19 heteroatoms. The number of unbranched alkanes of at least 4 members (excludes halogenated alkanes) is 49. The van der Waals surface area contributed by atoms with Gasteiger partial charge in [-0.05, 0) is 37.5 Å². The zero-order chi connectivity index (χ0) is 72.8. The fourth-order valence-corrected chi connectivity index (χ4v) is 13.9. The van der Waals surface area contributed by atoms with Crippen LogP contribution < -0.4 is 0 Å². The summed E-state index contributed by atoms with van der Waals surface area (Å²) in [4.78, 5) is 72.7. The van der Waals surface area contributed by atoms with Gasteiger partial charge in [-0.1, -0.05) is 369 Å². The summed E-state index contributed by atoms with van der Waals surface area (Å²) < 4.78 is 68.5. The van der Waals surface area contributed by atoms with Gasteiger partial charge in [-0.2, -0.15) is 0 Å². The predicted molar refractivity (Wildman–Crippen MR) is 405 cm³/mol. The number of phosphoric acid groups is 2. The molecule has 0 aromatic carbocycles. The van der Waals surface area contributed by atoms with Crippen molar-refractivity contribution in [1.82, 2.24) is 0 Å². The van der Waals surface area contributed by atoms with Gasteiger partial charge in [-0.15, -0.1) is 0 Å². The fraction of sp³-hybridized carbons (Fsp3) is 0.950. The monoisotopic (exact) mass is 1450 g/mol. The lowest BCUT2D eigenvalue weighted by Crippen LogP contribution is -2.30. The smallest absolute Gasteiger partial charge is 0.462 e. The maximum Gasteiger partial charge on any atom is 0.472 e. The normalized spacial score (nSPS) is 13.9. The molecule has 0 aromatic heterocycles. The molecule has 0 spiro atoms. The molecule has 0 rings (SSSR count). The third kappa shape index (κ3) is 74.1. The summed E-state index contributed by atoms with van der Waals surface area (Å²) in [6, 6.07) is 0. The van der Waals surface area contributed by atoms with E-state index in [1.807, 2.05) is 0 Å². The minimum Gasteiger partial charge on any atom is -0.462 e. The van der Waals surface area contributed by atoms with E-state index in [1.54, 1.807) is 0 Å². The zero-order valence-corrected chi connectivity index (χ0v) is 66.6. The Labute approximate surface area is 607 Å². The zero-order valence-electron chi connectivity index (χ0n) is 64.8. The third-order valence-electron chi connectivity index (χ3n) is 18.7. The first-order valence-corrected chi connectivity index (χ1v) is 44.5. The van der Waals surface area contributed by atoms with Gasteiger partial charge >= 0.3 is 39.5 Å². The highest BCUT2D eigenvalue weighted by atomic mass is 31.2. The number of aliphatic hydroxyl groups excluding tert-OH is 1. The number of hydrogen-bond donors (Lipinski definition) is 3. The maximum absolute atomic E-state index is 13.1. The van der Waals surface area contributed by atoms with Gasteiger partial charge in [0.2, 0.25) is 0 Å². The van der Waals surface area contributed by atoms with Gasteiger partial charge in [-0.3, -0.25) is 37.3 Å². The lowest BCUT2D eigenvalue weighted by atomic mass is 10.0. The second-order valence-corrected chi connectivity index (χ2v) is 32.7. The van der Waals surface area contributed by atoms with Crippen LogP contribution in [0.3, 0.4) is 0 Å². The molecule has 0 radical (unpaired) electrons. The van der Waals surface area contributed by atoms with Crippen LogP contribution in [0.2, 0.25) is 0 Å². The number of carbonyl (C=O) groups is 4. The molecule has 3 N–H and O–H groups in total. The summed E-state index contributed by atoms with van der Waals surface area (Å²) in [7, 11) is -9.91. The van der Waals surface area contributed by atoms with E-state index < -0.39 is 97.5 Å². The number of esters is 4. The largest absolute Gasteiger partial charge is 0.472 e. The second-order valence-electron chi connectivity index (χ2n) is 29.8. The predicted octanol–water partition coefficient (Wildman–Crippen LogP) is 23.9. The molecule has 0 aliphatic carbocycles. The summed E-state index contributed by atoms with van der Waals surface area (Å²) in [5.41, 5.74) is 0. The van der Waals surface area contributed by atoms with Crippen LogP contribution >= 0.6 is 15.6 Å². The first-order valence-electron chi connectivity index (χ1n) is 41.5. The molecule has 588 valence electrons. The number of carbonyl (C=O) groups excluding carboxylic acids is 4. The highest BCUT2D eigenvalue weighted by molar-refractivity contribution is 7.47. The Morgan fingerprint density at radius 3 is 0.687 bits per heavy atom. The molecule has 2 unspecified atom stereocenters. The van der Waals surface area contributed by atoms with Crippen LogP contribution in [-0.2, 0) is 65.4 Å². The minimum absolute atomic E-state index is 0.108. The Kier molecular flexibility index (Phi) is 70.3. The highest BCUT2D eigenvalue weighted by Gasteiger charge is 2.30. The summed E-state index contributed by atoms with van der Waals surface area (Å²) in [5, 5.41) is 10.6. The van der Waals surface area contributed by atoms with Crippen LogP contribution in [-0.4, -0.2) is 96.7 Å². The third-order valence-corrected chi connectivity index (χ3v) is 20.6. The standard InChI is InChI=1S/C80H156O17P2/c1-7-9-11-13-14-15-16-17-18-19-25-31-36-41-46-52-58-64-79(84)96-75(68-90-77(82)62-56-48-12-10-8-2)70-94-98(86,87)92-66-74(81)67-93-99(88,89)95-71-76(69-91-78(83)63-57-51-45-40-35-30-27-22-24-29-34-39-44-50-55-61-73(5)6)97-80(85)65-59-53-47-42-37-32-26-21-20-23-28-33-38-43-49-54-60-72(3)4/h72-76,81H,7-71H2,1-6H3,(H,86,87)(H,88,89)/t74-,75+,76+/m0/s1. The molecule has 17 nitrogen and oxygen atoms in total. The van der Waals surface area contributed by atoms with E-state index in [-0.39, 0.29) is 25.7 Å². The first-order chi connectivity index (χ1) is 47.9. The van der Waals surface area contributed by atoms with Crippen LogP contribution in [0.15, 0.2) is 0 Å². The Hall–Kier alpha value is -1.94. The van der Waals surface area contributed by atoms with Crippen LogP contribution in [0.4, 0.5) is 0 Å². The first kappa shape index (κ1) is 97.1. The van der Waals surface area contributed by atoms with Crippen molar-refractivity contribution in [2.75, 3.05) is 39.6 Å². The fourth-order valence-electron chi connectivity index (χ4n) is 12.4. The molecule has 99 heavy (non-hydrogen) atoms. The van der Waals surface area contributed by atoms with Crippen molar-refractivity contribution in [2.24, 2.45) is 11.8 Å². The van der Waals surface area contributed by atoms with Gasteiger partial charge in [0.25, 0.3) is 0 Å². The topological polar surface area (TPSA) is 237 Å². The van der Waals surface area contributed by atoms with E-state index >= 15 is 0 Å². The Balaban J connectivity index is 5.12. The van der Waals surface area contributed by atoms with Gasteiger partial charge in [0.05, 0.1) is 26.4 Å². The summed E-state index contributed by atoms with van der Waals surface area (Å²) >= 11 is 0. The van der Waals surface area contributed by atoms with Gasteiger partial charge in [0, 0.05) is 25.7 Å². The highest BCUT2D eigenvalue weighted by Crippen LogP contribution is 2.45. The van der Waals surface area contributed by atoms with E-state index in [4.69, 9.17) is 37.0 Å². The van der Waals surface area contributed by atoms with Crippen molar-refractivity contribution in [3.63, 3.8) is 0 Å². The number of phosphoric ester groups is 2. The van der Waals surface area contributed by atoms with E-state index in [2.05, 4.69) is 41.5 Å². The number of hydrogen-bond acceptors (Lipinski definition) is 15.